The van der Waals surface area contributed by atoms with E-state index in [0.29, 0.717) is 22.2 Å². The number of benzene rings is 4. The summed E-state index contributed by atoms with van der Waals surface area (Å²) in [6.45, 7) is 3.51. The third-order valence-corrected chi connectivity index (χ3v) is 16.8. The first-order chi connectivity index (χ1) is 43.4. The Kier molecular flexibility index (Phi) is 23.4. The molecule has 0 bridgehead atoms. The molecule has 1 aromatic heterocycles. The molecule has 4 aromatic carbocycles. The number of nitrogens with one attached hydrogen (secondary N) is 5. The number of carbonyl (C=O) groups excluding carboxylic acids is 8. The number of phenolic OH excluding ortho intramolecular Hbond substituents is 1. The zero-order valence-corrected chi connectivity index (χ0v) is 50.8. The van der Waals surface area contributed by atoms with Crippen molar-refractivity contribution >= 4 is 70.9 Å². The third-order valence-electron chi connectivity index (χ3n) is 15.4. The minimum atomic E-state index is -2.22. The van der Waals surface area contributed by atoms with E-state index in [0.717, 1.165) is 57.7 Å². The molecule has 0 spiro atoms. The highest BCUT2D eigenvalue weighted by molar-refractivity contribution is 7.90. The van der Waals surface area contributed by atoms with Crippen molar-refractivity contribution in [3.05, 3.63) is 102 Å². The monoisotopic (exact) mass is 1300 g/mol. The number of hydrogen-bond donors (Lipinski definition) is 14. The minimum Gasteiger partial charge on any atom is -0.504 e. The molecule has 91 heavy (non-hydrogen) atoms. The zero-order valence-electron chi connectivity index (χ0n) is 49.2. The van der Waals surface area contributed by atoms with Gasteiger partial charge in [0.25, 0.3) is 18.2 Å². The second kappa shape index (κ2) is 31.1. The van der Waals surface area contributed by atoms with Crippen LogP contribution in [0.15, 0.2) is 91.0 Å². The molecule has 488 valence electrons. The SMILES string of the molecule is CCCOc1ccc(-c2ccc(-c3nnc(-c4ccc(C(=O)N[C@H]5CC(O)CNC(=O)C6C(O)C(C)CN6C(=O)C(C(O)CC(N)=O)NC(=O)C(C(O)Cc6ccc(O)c(OSOOO)c6)NC(=O)C6CC(O)CN6C(=O)C(C(C)O)NC5=O)cc4)s3)cc2)cc1. The number of nitrogens with zero attached hydrogens (tertiary/aromatic N) is 4. The van der Waals surface area contributed by atoms with E-state index in [2.05, 4.69) is 46.2 Å². The van der Waals surface area contributed by atoms with Gasteiger partial charge in [0.1, 0.15) is 52.0 Å². The summed E-state index contributed by atoms with van der Waals surface area (Å²) in [4.78, 5) is 115. The smallest absolute Gasteiger partial charge is 0.261 e. The second-order valence-electron chi connectivity index (χ2n) is 22.2. The molecule has 4 heterocycles. The van der Waals surface area contributed by atoms with Crippen molar-refractivity contribution in [2.45, 2.75) is 126 Å². The Morgan fingerprint density at radius 3 is 1.98 bits per heavy atom. The van der Waals surface area contributed by atoms with Crippen molar-refractivity contribution in [1.82, 2.24) is 46.6 Å². The van der Waals surface area contributed by atoms with E-state index in [-0.39, 0.29) is 29.2 Å². The van der Waals surface area contributed by atoms with E-state index in [4.69, 9.17) is 19.9 Å². The highest BCUT2D eigenvalue weighted by atomic mass is 32.2. The number of β-amino-alcohol motifs (C(OH)–C–C–N with tert-alkyl or cyclic N) is 1. The van der Waals surface area contributed by atoms with Crippen LogP contribution in [-0.2, 0) is 49.4 Å². The first-order valence-corrected chi connectivity index (χ1v) is 30.3. The van der Waals surface area contributed by atoms with Gasteiger partial charge in [0.2, 0.25) is 41.4 Å². The summed E-state index contributed by atoms with van der Waals surface area (Å²) in [6, 6.07) is 13.4. The van der Waals surface area contributed by atoms with E-state index < -0.39 is 177 Å². The van der Waals surface area contributed by atoms with Crippen molar-refractivity contribution < 1.29 is 97.7 Å². The summed E-state index contributed by atoms with van der Waals surface area (Å²) in [5, 5.41) is 113. The van der Waals surface area contributed by atoms with Gasteiger partial charge >= 0.3 is 0 Å². The van der Waals surface area contributed by atoms with Gasteiger partial charge in [-0.2, -0.15) is 0 Å². The fraction of sp³-hybridized carbons (Fsp3) is 0.424. The number of fused-ring (bicyclic) bond motifs is 2. The maximum absolute atomic E-state index is 14.7. The molecule has 13 atom stereocenters. The summed E-state index contributed by atoms with van der Waals surface area (Å²) in [5.41, 5.74) is 8.86. The number of carbonyl (C=O) groups is 8. The topological polar surface area (TPSA) is 454 Å². The zero-order chi connectivity index (χ0) is 65.8. The summed E-state index contributed by atoms with van der Waals surface area (Å²) in [5.74, 6) is -10.3. The van der Waals surface area contributed by atoms with E-state index >= 15 is 0 Å². The van der Waals surface area contributed by atoms with Gasteiger partial charge in [-0.1, -0.05) is 89.2 Å². The number of amides is 8. The van der Waals surface area contributed by atoms with Crippen molar-refractivity contribution in [3.8, 4) is 49.5 Å². The third kappa shape index (κ3) is 17.2. The lowest BCUT2D eigenvalue weighted by atomic mass is 9.98. The van der Waals surface area contributed by atoms with E-state index in [1.807, 2.05) is 55.5 Å². The number of hydrogen-bond acceptors (Lipinski definition) is 24. The minimum absolute atomic E-state index is 0.000563. The molecule has 3 aliphatic rings. The van der Waals surface area contributed by atoms with Gasteiger partial charge in [0.05, 0.1) is 49.7 Å². The van der Waals surface area contributed by atoms with Gasteiger partial charge in [-0.25, -0.2) is 5.26 Å². The van der Waals surface area contributed by atoms with Crippen LogP contribution >= 0.6 is 23.7 Å². The number of ether oxygens (including phenoxy) is 1. The predicted molar refractivity (Wildman–Crippen MR) is 322 cm³/mol. The molecule has 32 heteroatoms. The van der Waals surface area contributed by atoms with E-state index in [1.54, 1.807) is 12.1 Å². The average molecular weight is 1300 g/mol. The van der Waals surface area contributed by atoms with Crippen LogP contribution in [0.5, 0.6) is 17.2 Å². The molecule has 0 aliphatic carbocycles. The summed E-state index contributed by atoms with van der Waals surface area (Å²) >= 11 is 1.35. The Morgan fingerprint density at radius 1 is 0.747 bits per heavy atom. The number of rotatable bonds is 19. The van der Waals surface area contributed by atoms with Crippen molar-refractivity contribution in [1.29, 1.82) is 0 Å². The molecule has 3 fully saturated rings. The van der Waals surface area contributed by atoms with Gasteiger partial charge in [-0.05, 0) is 66.4 Å². The average Bonchev–Trinajstić information content (AvgIpc) is 1.72. The quantitative estimate of drug-likeness (QED) is 0.0209. The van der Waals surface area contributed by atoms with Crippen LogP contribution in [0.4, 0.5) is 0 Å². The number of nitrogens with two attached hydrogens (primary N) is 1. The fourth-order valence-corrected chi connectivity index (χ4v) is 11.8. The maximum Gasteiger partial charge on any atom is 0.261 e. The van der Waals surface area contributed by atoms with Gasteiger partial charge in [0.15, 0.2) is 11.5 Å². The molecule has 0 saturated carbocycles. The molecule has 15 N–H and O–H groups in total. The highest BCUT2D eigenvalue weighted by Crippen LogP contribution is 2.34. The molecule has 8 amide bonds. The Hall–Kier alpha value is -8.41. The maximum atomic E-state index is 14.7. The van der Waals surface area contributed by atoms with Crippen molar-refractivity contribution in [2.24, 2.45) is 11.7 Å². The number of aromatic hydroxyl groups is 1. The van der Waals surface area contributed by atoms with Crippen LogP contribution in [0, 0.1) is 5.92 Å². The molecular formula is C59H70N10O20S2. The number of aliphatic hydroxyl groups is 6. The van der Waals surface area contributed by atoms with Crippen LogP contribution in [-0.4, -0.2) is 207 Å². The molecule has 5 aromatic rings. The Bertz CT molecular complexity index is 3400. The second-order valence-corrected chi connectivity index (χ2v) is 23.6. The Balaban J connectivity index is 1.07. The molecule has 0 radical (unpaired) electrons. The molecule has 12 unspecified atom stereocenters. The molecule has 8 rings (SSSR count). The molecule has 3 saturated heterocycles. The van der Waals surface area contributed by atoms with Crippen LogP contribution in [0.1, 0.15) is 62.4 Å². The number of aliphatic hydroxyl groups excluding tert-OH is 6. The molecular weight excluding hydrogens is 1230 g/mol. The first kappa shape index (κ1) is 68.5. The van der Waals surface area contributed by atoms with Crippen LogP contribution in [0.3, 0.4) is 0 Å². The lowest BCUT2D eigenvalue weighted by Gasteiger charge is -2.33. The Labute approximate surface area is 528 Å². The van der Waals surface area contributed by atoms with E-state index in [9.17, 15) is 74.1 Å². The summed E-state index contributed by atoms with van der Waals surface area (Å²) in [7, 11) is 0. The summed E-state index contributed by atoms with van der Waals surface area (Å²) < 4.78 is 15.0. The predicted octanol–water partition coefficient (Wildman–Crippen LogP) is -0.779. The van der Waals surface area contributed by atoms with Gasteiger partial charge in [-0.3, -0.25) is 38.4 Å². The van der Waals surface area contributed by atoms with Gasteiger partial charge < -0.3 is 86.8 Å². The standard InChI is InChI=1S/C59H70N10O20S2/c1-4-19-86-38-16-14-32(15-17-38)31-6-10-34(11-7-31)56-66-67-57(90-56)35-12-8-33(9-13-35)51(78)62-39-22-36(71)25-61-55(82)49-50(77)28(2)26-69(49)59(84)48(43(75)24-45(60)76)65-54(81)47(42(74)20-30-5-18-41(73)44(21-30)87-91-89-88-85)64-53(80)40-23-37(72)27-68(40)58(83)46(29(3)70)63-52(39)79/h5-18,21,28-29,36-37,39-40,42-43,46-50,70-75,77,85H,4,19-20,22-27H2,1-3H3,(H2,60,76)(H,61,82)(H,62,78)(H,63,79)(H,64,80)(H,65,81)/t28?,29?,36?,37?,39-,40?,42?,43?,46?,47?,48?,49?,50?/m0/s1. The van der Waals surface area contributed by atoms with E-state index in [1.165, 1.54) is 36.5 Å². The highest BCUT2D eigenvalue weighted by Gasteiger charge is 2.50. The number of aromatic nitrogens is 2. The Morgan fingerprint density at radius 2 is 1.35 bits per heavy atom. The molecule has 3 aliphatic heterocycles. The lowest BCUT2D eigenvalue weighted by Crippen LogP contribution is -2.64. The number of primary amides is 1. The van der Waals surface area contributed by atoms with Gasteiger partial charge in [-0.15, -0.1) is 10.2 Å². The van der Waals surface area contributed by atoms with Crippen molar-refractivity contribution in [2.75, 3.05) is 26.2 Å². The fourth-order valence-electron chi connectivity index (χ4n) is 10.6. The van der Waals surface area contributed by atoms with Crippen molar-refractivity contribution in [3.63, 3.8) is 0 Å². The molecule has 30 nitrogen and oxygen atoms in total. The van der Waals surface area contributed by atoms with Crippen LogP contribution in [0.2, 0.25) is 0 Å². The normalized spacial score (nSPS) is 24.7. The largest absolute Gasteiger partial charge is 0.504 e. The van der Waals surface area contributed by atoms with Crippen LogP contribution in [0.25, 0.3) is 32.3 Å². The summed E-state index contributed by atoms with van der Waals surface area (Å²) in [6.07, 6.45) is -12.8. The van der Waals surface area contributed by atoms with Crippen LogP contribution < -0.4 is 41.2 Å². The first-order valence-electron chi connectivity index (χ1n) is 28.8. The number of phenols is 1. The van der Waals surface area contributed by atoms with Gasteiger partial charge in [0, 0.05) is 61.5 Å². The lowest BCUT2D eigenvalue weighted by molar-refractivity contribution is -0.433.